The number of carbonyl (C=O) groups is 1. The predicted octanol–water partition coefficient (Wildman–Crippen LogP) is 2.24. The number of nitrogens with one attached hydrogen (secondary N) is 1. The summed E-state index contributed by atoms with van der Waals surface area (Å²) in [4.78, 5) is 16.5. The molecule has 7 nitrogen and oxygen atoms in total. The number of furan rings is 1. The summed E-state index contributed by atoms with van der Waals surface area (Å²) < 4.78 is 7.10. The lowest BCUT2D eigenvalue weighted by molar-refractivity contribution is 0.0994. The fourth-order valence-electron chi connectivity index (χ4n) is 3.72. The Balaban J connectivity index is 1.61. The van der Waals surface area contributed by atoms with Gasteiger partial charge in [0.1, 0.15) is 5.76 Å². The first-order valence-corrected chi connectivity index (χ1v) is 8.74. The maximum absolute atomic E-state index is 12.4. The van der Waals surface area contributed by atoms with E-state index in [2.05, 4.69) is 28.6 Å². The highest BCUT2D eigenvalue weighted by molar-refractivity contribution is 5.73. The molecule has 1 aliphatic heterocycles. The van der Waals surface area contributed by atoms with E-state index in [1.165, 1.54) is 5.56 Å². The first-order valence-electron chi connectivity index (χ1n) is 8.74. The SMILES string of the molecule is CN(C[C@@H]1CCCN(C)[C@H]1c1cnn(C)c1)C(=O)NCc1ccco1. The van der Waals surface area contributed by atoms with Crippen molar-refractivity contribution >= 4 is 6.03 Å². The van der Waals surface area contributed by atoms with Crippen LogP contribution in [0.2, 0.25) is 0 Å². The molecule has 1 N–H and O–H groups in total. The van der Waals surface area contributed by atoms with E-state index in [1.54, 1.807) is 11.2 Å². The monoisotopic (exact) mass is 345 g/mol. The molecule has 0 aliphatic carbocycles. The molecule has 2 aromatic rings. The molecule has 2 amide bonds. The van der Waals surface area contributed by atoms with E-state index in [9.17, 15) is 4.79 Å². The van der Waals surface area contributed by atoms with Gasteiger partial charge in [-0.25, -0.2) is 4.79 Å². The van der Waals surface area contributed by atoms with Crippen molar-refractivity contribution in [1.82, 2.24) is 24.9 Å². The first-order chi connectivity index (χ1) is 12.0. The van der Waals surface area contributed by atoms with Crippen molar-refractivity contribution in [2.24, 2.45) is 13.0 Å². The summed E-state index contributed by atoms with van der Waals surface area (Å²) in [5, 5.41) is 7.23. The van der Waals surface area contributed by atoms with Gasteiger partial charge in [0.2, 0.25) is 0 Å². The van der Waals surface area contributed by atoms with Crippen molar-refractivity contribution in [3.8, 4) is 0 Å². The van der Waals surface area contributed by atoms with E-state index in [4.69, 9.17) is 4.42 Å². The molecular formula is C18H27N5O2. The van der Waals surface area contributed by atoms with Gasteiger partial charge < -0.3 is 14.6 Å². The lowest BCUT2D eigenvalue weighted by Gasteiger charge is -2.40. The highest BCUT2D eigenvalue weighted by Gasteiger charge is 2.32. The van der Waals surface area contributed by atoms with Crippen LogP contribution in [-0.2, 0) is 13.6 Å². The number of hydrogen-bond acceptors (Lipinski definition) is 4. The zero-order valence-electron chi connectivity index (χ0n) is 15.2. The number of amides is 2. The average molecular weight is 345 g/mol. The minimum absolute atomic E-state index is 0.0745. The number of aromatic nitrogens is 2. The van der Waals surface area contributed by atoms with Crippen LogP contribution in [-0.4, -0.2) is 52.8 Å². The minimum atomic E-state index is -0.0745. The number of rotatable bonds is 5. The summed E-state index contributed by atoms with van der Waals surface area (Å²) in [5.74, 6) is 1.15. The van der Waals surface area contributed by atoms with Gasteiger partial charge in [-0.05, 0) is 44.5 Å². The van der Waals surface area contributed by atoms with Crippen LogP contribution in [0.3, 0.4) is 0 Å². The molecule has 1 aliphatic rings. The van der Waals surface area contributed by atoms with Crippen LogP contribution in [0.25, 0.3) is 0 Å². The molecule has 0 spiro atoms. The van der Waals surface area contributed by atoms with Gasteiger partial charge >= 0.3 is 6.03 Å². The quantitative estimate of drug-likeness (QED) is 0.902. The molecule has 3 heterocycles. The number of likely N-dealkylation sites (tertiary alicyclic amines) is 1. The number of aryl methyl sites for hydroxylation is 1. The smallest absolute Gasteiger partial charge is 0.317 e. The summed E-state index contributed by atoms with van der Waals surface area (Å²) in [6.07, 6.45) is 7.90. The second-order valence-electron chi connectivity index (χ2n) is 6.89. The van der Waals surface area contributed by atoms with Crippen LogP contribution in [0, 0.1) is 5.92 Å². The van der Waals surface area contributed by atoms with Gasteiger partial charge in [-0.15, -0.1) is 0 Å². The molecule has 0 aromatic carbocycles. The highest BCUT2D eigenvalue weighted by atomic mass is 16.3. The lowest BCUT2D eigenvalue weighted by Crippen LogP contribution is -2.45. The summed E-state index contributed by atoms with van der Waals surface area (Å²) >= 11 is 0. The van der Waals surface area contributed by atoms with Crippen LogP contribution < -0.4 is 5.32 Å². The molecule has 0 saturated carbocycles. The molecule has 1 fully saturated rings. The number of hydrogen-bond donors (Lipinski definition) is 1. The van der Waals surface area contributed by atoms with Gasteiger partial charge in [-0.3, -0.25) is 9.58 Å². The van der Waals surface area contributed by atoms with Crippen molar-refractivity contribution in [1.29, 1.82) is 0 Å². The maximum atomic E-state index is 12.4. The molecule has 0 radical (unpaired) electrons. The average Bonchev–Trinajstić information content (AvgIpc) is 3.24. The fourth-order valence-corrected chi connectivity index (χ4v) is 3.72. The van der Waals surface area contributed by atoms with Crippen molar-refractivity contribution in [3.05, 3.63) is 42.1 Å². The molecule has 2 atom stereocenters. The lowest BCUT2D eigenvalue weighted by atomic mass is 9.86. The van der Waals surface area contributed by atoms with E-state index in [0.717, 1.165) is 25.1 Å². The van der Waals surface area contributed by atoms with Gasteiger partial charge in [0.05, 0.1) is 19.0 Å². The third-order valence-corrected chi connectivity index (χ3v) is 4.92. The Morgan fingerprint density at radius 3 is 3.00 bits per heavy atom. The van der Waals surface area contributed by atoms with Gasteiger partial charge in [0.15, 0.2) is 0 Å². The van der Waals surface area contributed by atoms with Crippen LogP contribution in [0.4, 0.5) is 4.79 Å². The van der Waals surface area contributed by atoms with Gasteiger partial charge in [-0.2, -0.15) is 5.10 Å². The Labute approximate surface area is 148 Å². The van der Waals surface area contributed by atoms with Crippen molar-refractivity contribution in [2.45, 2.75) is 25.4 Å². The Kier molecular flexibility index (Phi) is 5.43. The van der Waals surface area contributed by atoms with Crippen molar-refractivity contribution in [3.63, 3.8) is 0 Å². The van der Waals surface area contributed by atoms with Crippen LogP contribution in [0.15, 0.2) is 35.2 Å². The predicted molar refractivity (Wildman–Crippen MR) is 94.9 cm³/mol. The minimum Gasteiger partial charge on any atom is -0.467 e. The van der Waals surface area contributed by atoms with E-state index in [0.29, 0.717) is 25.0 Å². The van der Waals surface area contributed by atoms with E-state index >= 15 is 0 Å². The summed E-state index contributed by atoms with van der Waals surface area (Å²) in [6.45, 7) is 2.20. The summed E-state index contributed by atoms with van der Waals surface area (Å²) in [5.41, 5.74) is 1.22. The first kappa shape index (κ1) is 17.5. The third kappa shape index (κ3) is 4.22. The Bertz CT molecular complexity index is 681. The van der Waals surface area contributed by atoms with E-state index in [-0.39, 0.29) is 6.03 Å². The van der Waals surface area contributed by atoms with Gasteiger partial charge in [-0.1, -0.05) is 0 Å². The number of nitrogens with zero attached hydrogens (tertiary/aromatic N) is 4. The van der Waals surface area contributed by atoms with E-state index in [1.807, 2.05) is 37.1 Å². The fraction of sp³-hybridized carbons (Fsp3) is 0.556. The molecule has 136 valence electrons. The number of piperidine rings is 1. The molecule has 7 heteroatoms. The Hall–Kier alpha value is -2.28. The topological polar surface area (TPSA) is 66.5 Å². The van der Waals surface area contributed by atoms with Crippen LogP contribution in [0.5, 0.6) is 0 Å². The van der Waals surface area contributed by atoms with E-state index < -0.39 is 0 Å². The van der Waals surface area contributed by atoms with Crippen molar-refractivity contribution in [2.75, 3.05) is 27.2 Å². The zero-order chi connectivity index (χ0) is 17.8. The van der Waals surface area contributed by atoms with Crippen LogP contribution >= 0.6 is 0 Å². The summed E-state index contributed by atoms with van der Waals surface area (Å²) in [6, 6.07) is 3.90. The number of urea groups is 1. The summed E-state index contributed by atoms with van der Waals surface area (Å²) in [7, 11) is 5.95. The molecule has 0 bridgehead atoms. The van der Waals surface area contributed by atoms with Crippen molar-refractivity contribution < 1.29 is 9.21 Å². The second-order valence-corrected chi connectivity index (χ2v) is 6.89. The normalized spacial score (nSPS) is 21.2. The standard InChI is InChI=1S/C18H27N5O2/c1-21-8-4-6-14(17(21)15-10-20-23(3)13-15)12-22(2)18(24)19-11-16-7-5-9-25-16/h5,7,9-10,13-14,17H,4,6,8,11-12H2,1-3H3,(H,19,24)/t14-,17+/m0/s1. The Morgan fingerprint density at radius 2 is 2.32 bits per heavy atom. The molecular weight excluding hydrogens is 318 g/mol. The molecule has 1 saturated heterocycles. The second kappa shape index (κ2) is 7.74. The van der Waals surface area contributed by atoms with Gasteiger partial charge in [0.25, 0.3) is 0 Å². The largest absolute Gasteiger partial charge is 0.467 e. The molecule has 2 aromatic heterocycles. The zero-order valence-corrected chi connectivity index (χ0v) is 15.2. The third-order valence-electron chi connectivity index (χ3n) is 4.92. The number of carbonyl (C=O) groups excluding carboxylic acids is 1. The molecule has 25 heavy (non-hydrogen) atoms. The van der Waals surface area contributed by atoms with Crippen LogP contribution in [0.1, 0.15) is 30.2 Å². The highest BCUT2D eigenvalue weighted by Crippen LogP contribution is 2.35. The van der Waals surface area contributed by atoms with Gasteiger partial charge in [0, 0.05) is 38.4 Å². The maximum Gasteiger partial charge on any atom is 0.317 e. The Morgan fingerprint density at radius 1 is 1.48 bits per heavy atom. The molecule has 0 unspecified atom stereocenters. The molecule has 3 rings (SSSR count).